The molecule has 0 aliphatic heterocycles. The number of hydrogen-bond donors (Lipinski definition) is 2. The molecule has 0 saturated carbocycles. The van der Waals surface area contributed by atoms with E-state index in [0.29, 0.717) is 5.57 Å². The fourth-order valence-corrected chi connectivity index (χ4v) is 1.85. The van der Waals surface area contributed by atoms with Gasteiger partial charge in [-0.05, 0) is 42.5 Å². The topological polar surface area (TPSA) is 108 Å². The zero-order valence-electron chi connectivity index (χ0n) is 11.7. The summed E-state index contributed by atoms with van der Waals surface area (Å²) in [6.45, 7) is 1.94. The van der Waals surface area contributed by atoms with E-state index in [1.54, 1.807) is 4.68 Å². The molecule has 0 amide bonds. The van der Waals surface area contributed by atoms with Crippen LogP contribution in [0.5, 0.6) is 0 Å². The number of aromatic nitrogens is 6. The Hall–Kier alpha value is -3.47. The van der Waals surface area contributed by atoms with Gasteiger partial charge in [-0.2, -0.15) is 15.6 Å². The summed E-state index contributed by atoms with van der Waals surface area (Å²) in [6.07, 6.45) is 3.44. The summed E-state index contributed by atoms with van der Waals surface area (Å²) in [5.74, 6) is 0.249. The Bertz CT molecular complexity index is 821. The molecule has 3 aromatic rings. The number of aromatic amines is 1. The number of benzene rings is 1. The van der Waals surface area contributed by atoms with Gasteiger partial charge >= 0.3 is 0 Å². The molecule has 0 spiro atoms. The van der Waals surface area contributed by atoms with Crippen LogP contribution in [0.1, 0.15) is 11.5 Å². The van der Waals surface area contributed by atoms with Crippen LogP contribution in [0.2, 0.25) is 0 Å². The second-order valence-corrected chi connectivity index (χ2v) is 4.50. The number of nitrogens with one attached hydrogen (secondary N) is 2. The van der Waals surface area contributed by atoms with Crippen LogP contribution in [0, 0.1) is 18.3 Å². The number of tetrazole rings is 1. The monoisotopic (exact) mass is 292 g/mol. The summed E-state index contributed by atoms with van der Waals surface area (Å²) in [5.41, 5.74) is 3.05. The van der Waals surface area contributed by atoms with E-state index in [4.69, 9.17) is 5.26 Å². The van der Waals surface area contributed by atoms with Crippen LogP contribution in [0.15, 0.2) is 42.7 Å². The van der Waals surface area contributed by atoms with Gasteiger partial charge in [-0.1, -0.05) is 0 Å². The molecule has 108 valence electrons. The molecule has 0 aliphatic carbocycles. The van der Waals surface area contributed by atoms with Crippen molar-refractivity contribution >= 4 is 11.3 Å². The number of H-pyrrole nitrogens is 1. The fourth-order valence-electron chi connectivity index (χ4n) is 1.85. The normalized spacial score (nSPS) is 11.2. The molecule has 0 unspecified atom stereocenters. The molecule has 2 aromatic heterocycles. The minimum absolute atomic E-state index is 0.249. The highest BCUT2D eigenvalue weighted by molar-refractivity contribution is 5.74. The third kappa shape index (κ3) is 2.83. The molecule has 8 heteroatoms. The third-order valence-corrected chi connectivity index (χ3v) is 2.94. The number of nitriles is 1. The van der Waals surface area contributed by atoms with Crippen LogP contribution in [0.25, 0.3) is 11.3 Å². The Balaban J connectivity index is 1.75. The van der Waals surface area contributed by atoms with E-state index in [1.807, 2.05) is 49.5 Å². The van der Waals surface area contributed by atoms with Crippen LogP contribution in [-0.2, 0) is 0 Å². The van der Waals surface area contributed by atoms with Crippen molar-refractivity contribution in [2.75, 3.05) is 5.32 Å². The molecule has 0 bridgehead atoms. The fraction of sp³-hybridized carbons (Fsp3) is 0.0714. The van der Waals surface area contributed by atoms with Gasteiger partial charge in [-0.15, -0.1) is 10.2 Å². The lowest BCUT2D eigenvalue weighted by Crippen LogP contribution is -1.96. The Labute approximate surface area is 126 Å². The van der Waals surface area contributed by atoms with Crippen LogP contribution in [0.3, 0.4) is 0 Å². The van der Waals surface area contributed by atoms with E-state index in [2.05, 4.69) is 31.0 Å². The van der Waals surface area contributed by atoms with E-state index in [0.717, 1.165) is 17.1 Å². The van der Waals surface area contributed by atoms with E-state index in [9.17, 15) is 0 Å². The van der Waals surface area contributed by atoms with Gasteiger partial charge in [0.1, 0.15) is 11.6 Å². The van der Waals surface area contributed by atoms with E-state index in [1.165, 1.54) is 6.20 Å². The predicted molar refractivity (Wildman–Crippen MR) is 79.7 cm³/mol. The molecular formula is C14H12N8. The van der Waals surface area contributed by atoms with Crippen molar-refractivity contribution in [3.63, 3.8) is 0 Å². The van der Waals surface area contributed by atoms with Crippen molar-refractivity contribution in [1.29, 1.82) is 5.26 Å². The number of hydrogen-bond acceptors (Lipinski definition) is 6. The van der Waals surface area contributed by atoms with Crippen molar-refractivity contribution in [2.24, 2.45) is 0 Å². The highest BCUT2D eigenvalue weighted by Crippen LogP contribution is 2.14. The smallest absolute Gasteiger partial charge is 0.216 e. The maximum absolute atomic E-state index is 9.08. The number of rotatable bonds is 4. The largest absolute Gasteiger partial charge is 0.360 e. The maximum Gasteiger partial charge on any atom is 0.216 e. The second kappa shape index (κ2) is 5.88. The molecule has 1 aromatic carbocycles. The lowest BCUT2D eigenvalue weighted by Gasteiger charge is -2.04. The Morgan fingerprint density at radius 1 is 1.32 bits per heavy atom. The van der Waals surface area contributed by atoms with Crippen LogP contribution in [-0.4, -0.2) is 30.4 Å². The average Bonchev–Trinajstić information content (AvgIpc) is 3.20. The van der Waals surface area contributed by atoms with Gasteiger partial charge < -0.3 is 5.32 Å². The lowest BCUT2D eigenvalue weighted by atomic mass is 10.2. The van der Waals surface area contributed by atoms with Crippen molar-refractivity contribution < 1.29 is 0 Å². The summed E-state index contributed by atoms with van der Waals surface area (Å²) in [7, 11) is 0. The van der Waals surface area contributed by atoms with Gasteiger partial charge in [0.2, 0.25) is 5.82 Å². The van der Waals surface area contributed by atoms with Gasteiger partial charge in [-0.25, -0.2) is 4.68 Å². The molecule has 0 radical (unpaired) electrons. The average molecular weight is 292 g/mol. The molecule has 0 aliphatic rings. The number of allylic oxidation sites excluding steroid dienone is 1. The molecular weight excluding hydrogens is 280 g/mol. The van der Waals surface area contributed by atoms with Gasteiger partial charge in [0.25, 0.3) is 0 Å². The van der Waals surface area contributed by atoms with Gasteiger partial charge in [0, 0.05) is 18.1 Å². The van der Waals surface area contributed by atoms with Crippen molar-refractivity contribution in [1.82, 2.24) is 30.4 Å². The molecule has 2 N–H and O–H groups in total. The molecule has 0 saturated heterocycles. The highest BCUT2D eigenvalue weighted by atomic mass is 15.5. The molecule has 8 nitrogen and oxygen atoms in total. The molecule has 22 heavy (non-hydrogen) atoms. The van der Waals surface area contributed by atoms with Crippen molar-refractivity contribution in [3.05, 3.63) is 54.2 Å². The second-order valence-electron chi connectivity index (χ2n) is 4.50. The first-order valence-electron chi connectivity index (χ1n) is 6.49. The first-order valence-corrected chi connectivity index (χ1v) is 6.49. The Kier molecular flexibility index (Phi) is 3.61. The maximum atomic E-state index is 9.08. The lowest BCUT2D eigenvalue weighted by molar-refractivity contribution is 0.863. The van der Waals surface area contributed by atoms with Gasteiger partial charge in [0.15, 0.2) is 0 Å². The van der Waals surface area contributed by atoms with Crippen molar-refractivity contribution in [3.8, 4) is 11.8 Å². The van der Waals surface area contributed by atoms with E-state index in [-0.39, 0.29) is 5.82 Å². The molecule has 3 rings (SSSR count). The minimum atomic E-state index is 0.249. The minimum Gasteiger partial charge on any atom is -0.360 e. The zero-order valence-corrected chi connectivity index (χ0v) is 11.7. The van der Waals surface area contributed by atoms with Gasteiger partial charge in [0.05, 0.1) is 11.4 Å². The standard InChI is InChI=1S/C14H12N8/c1-10-6-7-22(19-10)13-4-2-12(3-5-13)16-9-11(8-15)14-17-20-21-18-14/h2-7,9,16H,1H3,(H,17,18,20,21). The Morgan fingerprint density at radius 2 is 2.14 bits per heavy atom. The highest BCUT2D eigenvalue weighted by Gasteiger charge is 2.05. The van der Waals surface area contributed by atoms with E-state index >= 15 is 0 Å². The molecule has 0 atom stereocenters. The summed E-state index contributed by atoms with van der Waals surface area (Å²) in [5, 5.41) is 29.7. The summed E-state index contributed by atoms with van der Waals surface area (Å²) < 4.78 is 1.80. The van der Waals surface area contributed by atoms with Crippen LogP contribution >= 0.6 is 0 Å². The first kappa shape index (κ1) is 13.5. The first-order chi connectivity index (χ1) is 10.8. The summed E-state index contributed by atoms with van der Waals surface area (Å²) in [4.78, 5) is 0. The predicted octanol–water partition coefficient (Wildman–Crippen LogP) is 1.67. The third-order valence-electron chi connectivity index (χ3n) is 2.94. The SMILES string of the molecule is Cc1ccn(-c2ccc(NC=C(C#N)c3nn[nH]n3)cc2)n1. The summed E-state index contributed by atoms with van der Waals surface area (Å²) >= 11 is 0. The summed E-state index contributed by atoms with van der Waals surface area (Å²) in [6, 6.07) is 11.6. The number of nitrogens with zero attached hydrogens (tertiary/aromatic N) is 6. The van der Waals surface area contributed by atoms with E-state index < -0.39 is 0 Å². The molecule has 0 fully saturated rings. The van der Waals surface area contributed by atoms with Crippen molar-refractivity contribution in [2.45, 2.75) is 6.92 Å². The number of aryl methyl sites for hydroxylation is 1. The number of anilines is 1. The van der Waals surface area contributed by atoms with Gasteiger partial charge in [-0.3, -0.25) is 0 Å². The Morgan fingerprint density at radius 3 is 2.73 bits per heavy atom. The molecule has 2 heterocycles. The quantitative estimate of drug-likeness (QED) is 0.708. The van der Waals surface area contributed by atoms with Crippen LogP contribution < -0.4 is 5.32 Å². The zero-order chi connectivity index (χ0) is 15.4. The van der Waals surface area contributed by atoms with Crippen LogP contribution in [0.4, 0.5) is 5.69 Å².